The van der Waals surface area contributed by atoms with Crippen molar-refractivity contribution < 1.29 is 23.1 Å². The molecule has 0 unspecified atom stereocenters. The van der Waals surface area contributed by atoms with E-state index >= 15 is 0 Å². The van der Waals surface area contributed by atoms with Crippen LogP contribution >= 0.6 is 0 Å². The minimum absolute atomic E-state index is 0.0762. The maximum absolute atomic E-state index is 12.8. The Morgan fingerprint density at radius 2 is 1.95 bits per heavy atom. The molecule has 3 heterocycles. The molecule has 1 aliphatic heterocycles. The third kappa shape index (κ3) is 7.32. The van der Waals surface area contributed by atoms with Gasteiger partial charge in [0.25, 0.3) is 5.91 Å². The smallest absolute Gasteiger partial charge is 0.251 e. The third-order valence-electron chi connectivity index (χ3n) is 6.90. The monoisotopic (exact) mass is 594 g/mol. The molecule has 13 nitrogen and oxygen atoms in total. The summed E-state index contributed by atoms with van der Waals surface area (Å²) in [4.78, 5) is 39.2. The number of piperidine rings is 1. The van der Waals surface area contributed by atoms with E-state index in [9.17, 15) is 23.1 Å². The summed E-state index contributed by atoms with van der Waals surface area (Å²) in [6.45, 7) is 6.66. The summed E-state index contributed by atoms with van der Waals surface area (Å²) in [5.41, 5.74) is 2.00. The zero-order valence-electron chi connectivity index (χ0n) is 23.7. The fourth-order valence-electron chi connectivity index (χ4n) is 4.41. The van der Waals surface area contributed by atoms with Crippen molar-refractivity contribution in [3.05, 3.63) is 72.1 Å². The van der Waals surface area contributed by atoms with Crippen molar-refractivity contribution >= 4 is 45.1 Å². The summed E-state index contributed by atoms with van der Waals surface area (Å²) in [6, 6.07) is 7.93. The quantitative estimate of drug-likeness (QED) is 0.202. The number of pyridine rings is 1. The molecule has 0 saturated carbocycles. The third-order valence-corrected chi connectivity index (χ3v) is 8.07. The molecule has 14 heteroatoms. The van der Waals surface area contributed by atoms with Crippen LogP contribution in [0.15, 0.2) is 55.4 Å². The molecule has 42 heavy (non-hydrogen) atoms. The number of anilines is 4. The lowest BCUT2D eigenvalue weighted by Crippen LogP contribution is -2.46. The van der Waals surface area contributed by atoms with Crippen LogP contribution < -0.4 is 20.3 Å². The van der Waals surface area contributed by atoms with Gasteiger partial charge in [0.15, 0.2) is 0 Å². The van der Waals surface area contributed by atoms with Gasteiger partial charge >= 0.3 is 0 Å². The topological polar surface area (TPSA) is 170 Å². The fourth-order valence-corrected chi connectivity index (χ4v) is 4.89. The number of phenols is 1. The van der Waals surface area contributed by atoms with Gasteiger partial charge in [0.1, 0.15) is 17.4 Å². The number of hydrogen-bond donors (Lipinski definition) is 4. The Balaban J connectivity index is 1.40. The molecule has 3 aromatic rings. The average molecular weight is 595 g/mol. The van der Waals surface area contributed by atoms with E-state index in [1.54, 1.807) is 35.4 Å². The van der Waals surface area contributed by atoms with Crippen molar-refractivity contribution in [1.29, 1.82) is 0 Å². The van der Waals surface area contributed by atoms with Gasteiger partial charge in [0, 0.05) is 61.8 Å². The number of nitrogens with one attached hydrogen (secondary N) is 3. The maximum atomic E-state index is 12.8. The molecule has 1 aromatic carbocycles. The van der Waals surface area contributed by atoms with Gasteiger partial charge in [-0.3, -0.25) is 13.9 Å². The number of likely N-dealkylation sites (tertiary alicyclic amines) is 1. The summed E-state index contributed by atoms with van der Waals surface area (Å²) < 4.78 is 25.2. The van der Waals surface area contributed by atoms with Crippen LogP contribution in [-0.4, -0.2) is 77.6 Å². The molecule has 1 aliphatic rings. The lowest BCUT2D eigenvalue weighted by molar-refractivity contribution is -0.127. The first-order valence-electron chi connectivity index (χ1n) is 13.2. The lowest BCUT2D eigenvalue weighted by atomic mass is 10.0. The number of rotatable bonds is 10. The average Bonchev–Trinajstić information content (AvgIpc) is 2.97. The summed E-state index contributed by atoms with van der Waals surface area (Å²) in [7, 11) is -2.05. The van der Waals surface area contributed by atoms with Crippen LogP contribution in [0, 0.1) is 6.92 Å². The summed E-state index contributed by atoms with van der Waals surface area (Å²) in [6.07, 6.45) is 6.80. The van der Waals surface area contributed by atoms with Gasteiger partial charge in [-0.1, -0.05) is 12.6 Å². The van der Waals surface area contributed by atoms with Gasteiger partial charge in [-0.2, -0.15) is 4.98 Å². The number of carbonyl (C=O) groups excluding carboxylic acids is 2. The van der Waals surface area contributed by atoms with Crippen LogP contribution in [0.1, 0.15) is 34.3 Å². The molecule has 4 rings (SSSR count). The SMILES string of the molecule is C=CC(=O)N1CCC(NC(=O)c2ccc(Nc3ncc(C)c(NCc4cccnc4N(C)S(C)(=O)=O)n3)c(O)c2)CC1. The number of aromatic nitrogens is 3. The molecule has 222 valence electrons. The molecule has 0 aliphatic carbocycles. The number of nitrogens with zero attached hydrogens (tertiary/aromatic N) is 5. The molecule has 0 bridgehead atoms. The maximum Gasteiger partial charge on any atom is 0.251 e. The Kier molecular flexibility index (Phi) is 9.25. The van der Waals surface area contributed by atoms with Gasteiger partial charge in [0.2, 0.25) is 21.9 Å². The summed E-state index contributed by atoms with van der Waals surface area (Å²) >= 11 is 0. The number of aromatic hydroxyl groups is 1. The molecule has 0 atom stereocenters. The van der Waals surface area contributed by atoms with E-state index in [1.807, 2.05) is 6.92 Å². The van der Waals surface area contributed by atoms with Crippen molar-refractivity contribution in [3.63, 3.8) is 0 Å². The Labute approximate surface area is 244 Å². The van der Waals surface area contributed by atoms with E-state index in [0.29, 0.717) is 54.4 Å². The normalized spacial score (nSPS) is 13.7. The van der Waals surface area contributed by atoms with Crippen LogP contribution in [0.3, 0.4) is 0 Å². The standard InChI is InChI=1S/C28H34N8O5S/c1-5-24(38)36-13-10-21(11-14-36)32-27(39)19-8-9-22(23(37)15-19)33-28-31-16-18(2)25(34-28)30-17-20-7-6-12-29-26(20)35(3)42(4,40)41/h5-9,12,15-16,21,37H,1,10-11,13-14,17H2,2-4H3,(H,32,39)(H2,30,31,33,34). The first-order valence-corrected chi connectivity index (χ1v) is 15.1. The van der Waals surface area contributed by atoms with Gasteiger partial charge in [-0.25, -0.2) is 18.4 Å². The molecule has 1 saturated heterocycles. The van der Waals surface area contributed by atoms with Gasteiger partial charge < -0.3 is 26.0 Å². The van der Waals surface area contributed by atoms with Crippen molar-refractivity contribution in [3.8, 4) is 5.75 Å². The molecular weight excluding hydrogens is 560 g/mol. The fraction of sp³-hybridized carbons (Fsp3) is 0.321. The van der Waals surface area contributed by atoms with Crippen LogP contribution in [-0.2, 0) is 21.4 Å². The van der Waals surface area contributed by atoms with Crippen molar-refractivity contribution in [2.24, 2.45) is 0 Å². The second-order valence-corrected chi connectivity index (χ2v) is 11.9. The van der Waals surface area contributed by atoms with Crippen molar-refractivity contribution in [2.75, 3.05) is 41.3 Å². The zero-order chi connectivity index (χ0) is 30.4. The second-order valence-electron chi connectivity index (χ2n) is 9.93. The van der Waals surface area contributed by atoms with Crippen LogP contribution in [0.25, 0.3) is 0 Å². The van der Waals surface area contributed by atoms with Crippen molar-refractivity contribution in [1.82, 2.24) is 25.2 Å². The van der Waals surface area contributed by atoms with E-state index in [-0.39, 0.29) is 36.1 Å². The minimum Gasteiger partial charge on any atom is -0.506 e. The van der Waals surface area contributed by atoms with Crippen LogP contribution in [0.4, 0.5) is 23.3 Å². The highest BCUT2D eigenvalue weighted by Gasteiger charge is 2.23. The predicted molar refractivity (Wildman–Crippen MR) is 160 cm³/mol. The van der Waals surface area contributed by atoms with Gasteiger partial charge in [-0.15, -0.1) is 0 Å². The van der Waals surface area contributed by atoms with E-state index in [1.165, 1.54) is 25.4 Å². The highest BCUT2D eigenvalue weighted by Crippen LogP contribution is 2.28. The summed E-state index contributed by atoms with van der Waals surface area (Å²) in [5, 5.41) is 19.8. The van der Waals surface area contributed by atoms with Crippen molar-refractivity contribution in [2.45, 2.75) is 32.4 Å². The van der Waals surface area contributed by atoms with E-state index < -0.39 is 10.0 Å². The molecule has 0 spiro atoms. The van der Waals surface area contributed by atoms with Gasteiger partial charge in [0.05, 0.1) is 11.9 Å². The predicted octanol–water partition coefficient (Wildman–Crippen LogP) is 2.54. The highest BCUT2D eigenvalue weighted by molar-refractivity contribution is 7.92. The van der Waals surface area contributed by atoms with E-state index in [0.717, 1.165) is 16.1 Å². The number of sulfonamides is 1. The number of carbonyl (C=O) groups is 2. The molecule has 2 amide bonds. The summed E-state index contributed by atoms with van der Waals surface area (Å²) in [5.74, 6) is 0.418. The number of benzene rings is 1. The Hall–Kier alpha value is -4.72. The van der Waals surface area contributed by atoms with E-state index in [2.05, 4.69) is 37.5 Å². The Bertz CT molecular complexity index is 1590. The molecular formula is C28H34N8O5S. The van der Waals surface area contributed by atoms with Crippen LogP contribution in [0.2, 0.25) is 0 Å². The zero-order valence-corrected chi connectivity index (χ0v) is 24.5. The molecule has 0 radical (unpaired) electrons. The minimum atomic E-state index is -3.49. The largest absolute Gasteiger partial charge is 0.506 e. The lowest BCUT2D eigenvalue weighted by Gasteiger charge is -2.31. The first kappa shape index (κ1) is 30.2. The van der Waals surface area contributed by atoms with Gasteiger partial charge in [-0.05, 0) is 50.1 Å². The highest BCUT2D eigenvalue weighted by atomic mass is 32.2. The Morgan fingerprint density at radius 3 is 2.62 bits per heavy atom. The Morgan fingerprint density at radius 1 is 1.21 bits per heavy atom. The van der Waals surface area contributed by atoms with E-state index in [4.69, 9.17) is 0 Å². The van der Waals surface area contributed by atoms with Crippen LogP contribution in [0.5, 0.6) is 5.75 Å². The first-order chi connectivity index (χ1) is 20.0. The molecule has 2 aromatic heterocycles. The number of hydrogen-bond acceptors (Lipinski definition) is 10. The number of amides is 2. The number of phenolic OH excluding ortho intramolecular Hbond substituents is 1. The molecule has 4 N–H and O–H groups in total. The molecule has 1 fully saturated rings. The second kappa shape index (κ2) is 12.9. The number of aryl methyl sites for hydroxylation is 1.